The molecule has 1 amide bonds. The van der Waals surface area contributed by atoms with Gasteiger partial charge < -0.3 is 24.8 Å². The number of nitrogens with two attached hydrogens (primary N) is 1. The number of β-lactam (4-membered cyclic amide) rings is 1. The van der Waals surface area contributed by atoms with Crippen molar-refractivity contribution in [2.45, 2.75) is 50.8 Å². The summed E-state index contributed by atoms with van der Waals surface area (Å²) in [6.07, 6.45) is 0. The van der Waals surface area contributed by atoms with Gasteiger partial charge in [-0.2, -0.15) is 0 Å². The lowest BCUT2D eigenvalue weighted by Crippen LogP contribution is -2.65. The van der Waals surface area contributed by atoms with Gasteiger partial charge in [-0.15, -0.1) is 0 Å². The largest absolute Gasteiger partial charge is 0.464 e. The summed E-state index contributed by atoms with van der Waals surface area (Å²) in [4.78, 5) is 48.9. The van der Waals surface area contributed by atoms with Crippen molar-refractivity contribution in [2.24, 2.45) is 17.1 Å². The molecule has 0 radical (unpaired) electrons. The quantitative estimate of drug-likeness (QED) is 0.310. The van der Waals surface area contributed by atoms with E-state index >= 15 is 0 Å². The number of esters is 3. The molecule has 2 aliphatic rings. The second-order valence-electron chi connectivity index (χ2n) is 8.44. The number of amides is 1. The fourth-order valence-electron chi connectivity index (χ4n) is 3.22. The molecule has 11 nitrogen and oxygen atoms in total. The first-order valence-electron chi connectivity index (χ1n) is 8.93. The zero-order valence-electron chi connectivity index (χ0n) is 17.0. The predicted molar refractivity (Wildman–Crippen MR) is 97.4 cm³/mol. The molecule has 0 bridgehead atoms. The third kappa shape index (κ3) is 3.82. The van der Waals surface area contributed by atoms with Gasteiger partial charge in [0.1, 0.15) is 18.6 Å². The van der Waals surface area contributed by atoms with Crippen molar-refractivity contribution >= 4 is 33.7 Å². The van der Waals surface area contributed by atoms with Gasteiger partial charge in [0.05, 0.1) is 16.7 Å². The monoisotopic (exact) mass is 434 g/mol. The number of nitrogens with zero attached hydrogens (tertiary/aromatic N) is 1. The minimum atomic E-state index is -3.99. The fourth-order valence-corrected chi connectivity index (χ4v) is 5.52. The molecule has 29 heavy (non-hydrogen) atoms. The molecule has 12 heteroatoms. The summed E-state index contributed by atoms with van der Waals surface area (Å²) in [5.74, 6) is -4.16. The maximum absolute atomic E-state index is 12.9. The van der Waals surface area contributed by atoms with Gasteiger partial charge in [0.15, 0.2) is 15.2 Å². The Morgan fingerprint density at radius 2 is 1.72 bits per heavy atom. The van der Waals surface area contributed by atoms with E-state index in [4.69, 9.17) is 19.9 Å². The van der Waals surface area contributed by atoms with Gasteiger partial charge in [0.25, 0.3) is 0 Å². The summed E-state index contributed by atoms with van der Waals surface area (Å²) >= 11 is 0. The molecule has 0 saturated carbocycles. The lowest BCUT2D eigenvalue weighted by molar-refractivity contribution is -0.182. The van der Waals surface area contributed by atoms with E-state index in [-0.39, 0.29) is 0 Å². The molecule has 3 atom stereocenters. The average Bonchev–Trinajstić information content (AvgIpc) is 2.74. The van der Waals surface area contributed by atoms with Crippen molar-refractivity contribution in [2.75, 3.05) is 19.9 Å². The number of carbonyl (C=O) groups excluding carboxylic acids is 4. The third-order valence-electron chi connectivity index (χ3n) is 5.00. The first-order chi connectivity index (χ1) is 13.2. The SMILES string of the molecule is CC(C)(C)C(=O)OCOC(=O)[C@@H]1N2C(=O)[C@H](COC(=O)CN)[C@H]2S(=O)(=O)C1(C)C. The highest BCUT2D eigenvalue weighted by Gasteiger charge is 2.72. The van der Waals surface area contributed by atoms with Gasteiger partial charge in [-0.3, -0.25) is 14.4 Å². The van der Waals surface area contributed by atoms with Gasteiger partial charge in [0.2, 0.25) is 12.7 Å². The van der Waals surface area contributed by atoms with Crippen LogP contribution in [0.2, 0.25) is 0 Å². The first-order valence-corrected chi connectivity index (χ1v) is 10.5. The van der Waals surface area contributed by atoms with Crippen LogP contribution in [0.3, 0.4) is 0 Å². The van der Waals surface area contributed by atoms with E-state index < -0.39 is 81.1 Å². The Bertz CT molecular complexity index is 828. The van der Waals surface area contributed by atoms with Crippen LogP contribution in [0, 0.1) is 11.3 Å². The Labute approximate surface area is 168 Å². The van der Waals surface area contributed by atoms with E-state index in [1.54, 1.807) is 20.8 Å². The maximum Gasteiger partial charge on any atom is 0.333 e. The van der Waals surface area contributed by atoms with Crippen molar-refractivity contribution < 1.29 is 41.8 Å². The average molecular weight is 434 g/mol. The summed E-state index contributed by atoms with van der Waals surface area (Å²) in [6, 6.07) is -1.42. The zero-order chi connectivity index (χ0) is 22.4. The summed E-state index contributed by atoms with van der Waals surface area (Å²) < 4.78 is 38.8. The zero-order valence-corrected chi connectivity index (χ0v) is 17.8. The Balaban J connectivity index is 2.14. The Morgan fingerprint density at radius 3 is 2.24 bits per heavy atom. The van der Waals surface area contributed by atoms with Crippen LogP contribution in [0.15, 0.2) is 0 Å². The molecule has 2 saturated heterocycles. The number of carbonyl (C=O) groups is 4. The fraction of sp³-hybridized carbons (Fsp3) is 0.765. The molecule has 2 fully saturated rings. The summed E-state index contributed by atoms with van der Waals surface area (Å²) in [5.41, 5.74) is 4.32. The van der Waals surface area contributed by atoms with Crippen LogP contribution in [-0.4, -0.2) is 73.2 Å². The molecule has 0 aromatic carbocycles. The summed E-state index contributed by atoms with van der Waals surface area (Å²) in [6.45, 7) is 5.91. The molecule has 0 aromatic heterocycles. The molecular weight excluding hydrogens is 408 g/mol. The number of hydrogen-bond donors (Lipinski definition) is 1. The molecule has 0 aliphatic carbocycles. The molecular formula is C17H26N2O9S. The Hall–Kier alpha value is -2.21. The Kier molecular flexibility index (Phi) is 6.01. The van der Waals surface area contributed by atoms with Gasteiger partial charge in [-0.1, -0.05) is 0 Å². The molecule has 0 aromatic rings. The van der Waals surface area contributed by atoms with Crippen molar-refractivity contribution in [1.29, 1.82) is 0 Å². The lowest BCUT2D eigenvalue weighted by atomic mass is 9.92. The van der Waals surface area contributed by atoms with Gasteiger partial charge in [0, 0.05) is 0 Å². The molecule has 0 spiro atoms. The summed E-state index contributed by atoms with van der Waals surface area (Å²) in [5, 5.41) is -1.31. The first kappa shape index (κ1) is 23.1. The van der Waals surface area contributed by atoms with Crippen LogP contribution in [-0.2, 0) is 43.2 Å². The van der Waals surface area contributed by atoms with Crippen molar-refractivity contribution in [3.8, 4) is 0 Å². The standard InChI is InChI=1S/C17H26N2O9S/c1-16(2,3)15(23)28-8-27-14(22)11-17(4,5)29(24,25)13-9(12(21)19(11)13)7-26-10(20)6-18/h9,11,13H,6-8,18H2,1-5H3/t9-,11-,13+/m0/s1. The summed E-state index contributed by atoms with van der Waals surface area (Å²) in [7, 11) is -3.99. The maximum atomic E-state index is 12.9. The second kappa shape index (κ2) is 7.56. The molecule has 2 rings (SSSR count). The molecule has 2 heterocycles. The van der Waals surface area contributed by atoms with Crippen LogP contribution in [0.1, 0.15) is 34.6 Å². The molecule has 0 unspecified atom stereocenters. The lowest BCUT2D eigenvalue weighted by Gasteiger charge is -2.42. The van der Waals surface area contributed by atoms with E-state index in [1.807, 2.05) is 0 Å². The smallest absolute Gasteiger partial charge is 0.333 e. The van der Waals surface area contributed by atoms with Crippen LogP contribution in [0.4, 0.5) is 0 Å². The number of sulfone groups is 1. The minimum absolute atomic E-state index is 0.407. The molecule has 2 N–H and O–H groups in total. The number of hydrogen-bond acceptors (Lipinski definition) is 10. The highest BCUT2D eigenvalue weighted by Crippen LogP contribution is 2.48. The second-order valence-corrected chi connectivity index (χ2v) is 11.1. The Morgan fingerprint density at radius 1 is 1.14 bits per heavy atom. The minimum Gasteiger partial charge on any atom is -0.464 e. The van der Waals surface area contributed by atoms with Crippen molar-refractivity contribution in [3.05, 3.63) is 0 Å². The number of fused-ring (bicyclic) bond motifs is 1. The van der Waals surface area contributed by atoms with Gasteiger partial charge in [-0.25, -0.2) is 13.2 Å². The van der Waals surface area contributed by atoms with Crippen LogP contribution in [0.25, 0.3) is 0 Å². The highest BCUT2D eigenvalue weighted by molar-refractivity contribution is 7.93. The molecule has 164 valence electrons. The topological polar surface area (TPSA) is 159 Å². The van der Waals surface area contributed by atoms with Crippen LogP contribution in [0.5, 0.6) is 0 Å². The predicted octanol–water partition coefficient (Wildman–Crippen LogP) is -1.06. The van der Waals surface area contributed by atoms with E-state index in [9.17, 15) is 27.6 Å². The number of ether oxygens (including phenoxy) is 3. The normalized spacial score (nSPS) is 26.9. The van der Waals surface area contributed by atoms with E-state index in [0.29, 0.717) is 0 Å². The van der Waals surface area contributed by atoms with E-state index in [0.717, 1.165) is 4.90 Å². The third-order valence-corrected chi connectivity index (χ3v) is 7.88. The van der Waals surface area contributed by atoms with Crippen molar-refractivity contribution in [3.63, 3.8) is 0 Å². The van der Waals surface area contributed by atoms with Gasteiger partial charge >= 0.3 is 17.9 Å². The van der Waals surface area contributed by atoms with E-state index in [1.165, 1.54) is 13.8 Å². The van der Waals surface area contributed by atoms with Crippen LogP contribution < -0.4 is 5.73 Å². The highest BCUT2D eigenvalue weighted by atomic mass is 32.2. The van der Waals surface area contributed by atoms with Crippen molar-refractivity contribution in [1.82, 2.24) is 4.90 Å². The van der Waals surface area contributed by atoms with Crippen LogP contribution >= 0.6 is 0 Å². The number of rotatable bonds is 6. The van der Waals surface area contributed by atoms with E-state index in [2.05, 4.69) is 0 Å². The molecule has 2 aliphatic heterocycles. The van der Waals surface area contributed by atoms with Gasteiger partial charge in [-0.05, 0) is 34.6 Å².